The average molecular weight is 257 g/mol. The highest BCUT2D eigenvalue weighted by molar-refractivity contribution is 5.77. The van der Waals surface area contributed by atoms with Crippen LogP contribution < -0.4 is 0 Å². The second kappa shape index (κ2) is 9.92. The topological polar surface area (TPSA) is 57.6 Å². The molecule has 0 atom stereocenters. The molecule has 0 aliphatic carbocycles. The van der Waals surface area contributed by atoms with Crippen molar-refractivity contribution in [1.29, 1.82) is 0 Å². The van der Waals surface area contributed by atoms with Crippen molar-refractivity contribution >= 4 is 11.9 Å². The van der Waals surface area contributed by atoms with Crippen LogP contribution in [-0.2, 0) is 9.59 Å². The van der Waals surface area contributed by atoms with Crippen LogP contribution in [0.3, 0.4) is 0 Å². The Labute approximate surface area is 110 Å². The molecule has 0 aliphatic heterocycles. The first-order valence-corrected chi connectivity index (χ1v) is 6.97. The van der Waals surface area contributed by atoms with Gasteiger partial charge in [0.2, 0.25) is 5.91 Å². The summed E-state index contributed by atoms with van der Waals surface area (Å²) in [7, 11) is 0. The summed E-state index contributed by atoms with van der Waals surface area (Å²) in [6, 6.07) is 0. The highest BCUT2D eigenvalue weighted by Crippen LogP contribution is 2.08. The van der Waals surface area contributed by atoms with Crippen molar-refractivity contribution in [2.45, 2.75) is 59.3 Å². The standard InChI is InChI=1S/C14H27NO3/c1-4-5-6-7-9-15(10-8-14(17)18)13(16)11-12(2)3/h12H,4-11H2,1-3H3,(H,17,18). The van der Waals surface area contributed by atoms with Gasteiger partial charge < -0.3 is 10.0 Å². The number of amides is 1. The number of nitrogens with zero attached hydrogens (tertiary/aromatic N) is 1. The zero-order valence-corrected chi connectivity index (χ0v) is 11.9. The van der Waals surface area contributed by atoms with Gasteiger partial charge in [-0.15, -0.1) is 0 Å². The summed E-state index contributed by atoms with van der Waals surface area (Å²) >= 11 is 0. The fourth-order valence-electron chi connectivity index (χ4n) is 1.80. The minimum atomic E-state index is -0.842. The zero-order valence-electron chi connectivity index (χ0n) is 11.9. The predicted molar refractivity (Wildman–Crippen MR) is 72.4 cm³/mol. The third kappa shape index (κ3) is 9.02. The molecule has 0 heterocycles. The van der Waals surface area contributed by atoms with E-state index < -0.39 is 5.97 Å². The minimum Gasteiger partial charge on any atom is -0.481 e. The van der Waals surface area contributed by atoms with Gasteiger partial charge in [-0.2, -0.15) is 0 Å². The van der Waals surface area contributed by atoms with Gasteiger partial charge in [-0.05, 0) is 12.3 Å². The summed E-state index contributed by atoms with van der Waals surface area (Å²) in [6.07, 6.45) is 4.96. The molecule has 0 radical (unpaired) electrons. The number of aliphatic carboxylic acids is 1. The van der Waals surface area contributed by atoms with Crippen LogP contribution in [0.25, 0.3) is 0 Å². The van der Waals surface area contributed by atoms with E-state index in [0.717, 1.165) is 19.3 Å². The van der Waals surface area contributed by atoms with Gasteiger partial charge in [-0.25, -0.2) is 0 Å². The van der Waals surface area contributed by atoms with Crippen LogP contribution in [0.5, 0.6) is 0 Å². The van der Waals surface area contributed by atoms with E-state index in [0.29, 0.717) is 25.4 Å². The lowest BCUT2D eigenvalue weighted by molar-refractivity contribution is -0.138. The molecular formula is C14H27NO3. The molecule has 0 unspecified atom stereocenters. The summed E-state index contributed by atoms with van der Waals surface area (Å²) < 4.78 is 0. The number of unbranched alkanes of at least 4 members (excludes halogenated alkanes) is 3. The van der Waals surface area contributed by atoms with Crippen molar-refractivity contribution in [3.63, 3.8) is 0 Å². The van der Waals surface area contributed by atoms with E-state index in [1.807, 2.05) is 13.8 Å². The summed E-state index contributed by atoms with van der Waals surface area (Å²) in [5, 5.41) is 8.70. The summed E-state index contributed by atoms with van der Waals surface area (Å²) in [6.45, 7) is 7.19. The maximum Gasteiger partial charge on any atom is 0.305 e. The van der Waals surface area contributed by atoms with Crippen molar-refractivity contribution in [2.75, 3.05) is 13.1 Å². The molecule has 106 valence electrons. The Morgan fingerprint density at radius 1 is 1.11 bits per heavy atom. The van der Waals surface area contributed by atoms with E-state index in [-0.39, 0.29) is 12.3 Å². The minimum absolute atomic E-state index is 0.0393. The van der Waals surface area contributed by atoms with Gasteiger partial charge in [0, 0.05) is 19.5 Å². The highest BCUT2D eigenvalue weighted by Gasteiger charge is 2.15. The lowest BCUT2D eigenvalue weighted by Gasteiger charge is -2.23. The van der Waals surface area contributed by atoms with Crippen molar-refractivity contribution < 1.29 is 14.7 Å². The van der Waals surface area contributed by atoms with Crippen LogP contribution in [0.4, 0.5) is 0 Å². The van der Waals surface area contributed by atoms with Crippen LogP contribution in [0.1, 0.15) is 59.3 Å². The van der Waals surface area contributed by atoms with Crippen LogP contribution in [-0.4, -0.2) is 35.0 Å². The second-order valence-corrected chi connectivity index (χ2v) is 5.18. The van der Waals surface area contributed by atoms with E-state index in [1.54, 1.807) is 4.90 Å². The van der Waals surface area contributed by atoms with E-state index in [1.165, 1.54) is 6.42 Å². The van der Waals surface area contributed by atoms with Gasteiger partial charge in [0.25, 0.3) is 0 Å². The van der Waals surface area contributed by atoms with Gasteiger partial charge in [-0.3, -0.25) is 9.59 Å². The zero-order chi connectivity index (χ0) is 14.0. The summed E-state index contributed by atoms with van der Waals surface area (Å²) in [5.74, 6) is -0.436. The van der Waals surface area contributed by atoms with Gasteiger partial charge in [-0.1, -0.05) is 40.0 Å². The highest BCUT2D eigenvalue weighted by atomic mass is 16.4. The molecule has 0 bridgehead atoms. The Morgan fingerprint density at radius 3 is 2.28 bits per heavy atom. The SMILES string of the molecule is CCCCCCN(CCC(=O)O)C(=O)CC(C)C. The first-order chi connectivity index (χ1) is 8.47. The third-order valence-corrected chi connectivity index (χ3v) is 2.81. The second-order valence-electron chi connectivity index (χ2n) is 5.18. The van der Waals surface area contributed by atoms with E-state index in [2.05, 4.69) is 6.92 Å². The van der Waals surface area contributed by atoms with Crippen LogP contribution in [0.2, 0.25) is 0 Å². The smallest absolute Gasteiger partial charge is 0.305 e. The molecule has 0 saturated heterocycles. The van der Waals surface area contributed by atoms with E-state index >= 15 is 0 Å². The number of rotatable bonds is 10. The number of hydrogen-bond donors (Lipinski definition) is 1. The Bertz CT molecular complexity index is 251. The van der Waals surface area contributed by atoms with Crippen molar-refractivity contribution in [1.82, 2.24) is 4.90 Å². The Hall–Kier alpha value is -1.06. The largest absolute Gasteiger partial charge is 0.481 e. The molecule has 4 heteroatoms. The third-order valence-electron chi connectivity index (χ3n) is 2.81. The van der Waals surface area contributed by atoms with E-state index in [9.17, 15) is 9.59 Å². The maximum atomic E-state index is 12.0. The van der Waals surface area contributed by atoms with Crippen molar-refractivity contribution in [3.8, 4) is 0 Å². The summed E-state index contributed by atoms with van der Waals surface area (Å²) in [4.78, 5) is 24.3. The molecule has 0 aromatic rings. The molecule has 1 N–H and O–H groups in total. The molecular weight excluding hydrogens is 230 g/mol. The Kier molecular flexibility index (Phi) is 9.33. The van der Waals surface area contributed by atoms with Gasteiger partial charge in [0.15, 0.2) is 0 Å². The molecule has 0 aliphatic rings. The Morgan fingerprint density at radius 2 is 1.78 bits per heavy atom. The molecule has 1 amide bonds. The average Bonchev–Trinajstić information content (AvgIpc) is 2.26. The van der Waals surface area contributed by atoms with Gasteiger partial charge in [0.1, 0.15) is 0 Å². The Balaban J connectivity index is 4.14. The fraction of sp³-hybridized carbons (Fsp3) is 0.857. The fourth-order valence-corrected chi connectivity index (χ4v) is 1.80. The van der Waals surface area contributed by atoms with Crippen LogP contribution in [0, 0.1) is 5.92 Å². The molecule has 0 fully saturated rings. The van der Waals surface area contributed by atoms with Crippen molar-refractivity contribution in [2.24, 2.45) is 5.92 Å². The monoisotopic (exact) mass is 257 g/mol. The van der Waals surface area contributed by atoms with E-state index in [4.69, 9.17) is 5.11 Å². The van der Waals surface area contributed by atoms with Crippen LogP contribution >= 0.6 is 0 Å². The van der Waals surface area contributed by atoms with Gasteiger partial charge in [0.05, 0.1) is 6.42 Å². The molecule has 0 saturated carbocycles. The molecule has 18 heavy (non-hydrogen) atoms. The molecule has 0 rings (SSSR count). The molecule has 0 aromatic heterocycles. The predicted octanol–water partition coefficient (Wildman–Crippen LogP) is 2.92. The lowest BCUT2D eigenvalue weighted by Crippen LogP contribution is -2.34. The van der Waals surface area contributed by atoms with Crippen LogP contribution in [0.15, 0.2) is 0 Å². The normalized spacial score (nSPS) is 10.7. The maximum absolute atomic E-state index is 12.0. The summed E-state index contributed by atoms with van der Waals surface area (Å²) in [5.41, 5.74) is 0. The number of carbonyl (C=O) groups excluding carboxylic acids is 1. The van der Waals surface area contributed by atoms with Crippen molar-refractivity contribution in [3.05, 3.63) is 0 Å². The quantitative estimate of drug-likeness (QED) is 0.612. The molecule has 4 nitrogen and oxygen atoms in total. The lowest BCUT2D eigenvalue weighted by atomic mass is 10.1. The number of hydrogen-bond acceptors (Lipinski definition) is 2. The molecule has 0 aromatic carbocycles. The number of carboxylic acid groups (broad SMARTS) is 1. The number of carboxylic acids is 1. The van der Waals surface area contributed by atoms with Gasteiger partial charge >= 0.3 is 5.97 Å². The molecule has 0 spiro atoms. The first-order valence-electron chi connectivity index (χ1n) is 6.97. The first kappa shape index (κ1) is 16.9. The number of carbonyl (C=O) groups is 2.